The van der Waals surface area contributed by atoms with Crippen LogP contribution >= 0.6 is 0 Å². The van der Waals surface area contributed by atoms with Crippen LogP contribution in [0.2, 0.25) is 0 Å². The summed E-state index contributed by atoms with van der Waals surface area (Å²) in [5, 5.41) is 2.89. The van der Waals surface area contributed by atoms with Gasteiger partial charge in [-0.05, 0) is 42.8 Å². The Morgan fingerprint density at radius 3 is 2.59 bits per heavy atom. The van der Waals surface area contributed by atoms with Gasteiger partial charge in [0, 0.05) is 30.9 Å². The van der Waals surface area contributed by atoms with E-state index in [1.165, 1.54) is 16.1 Å². The fourth-order valence-electron chi connectivity index (χ4n) is 2.89. The van der Waals surface area contributed by atoms with Gasteiger partial charge in [-0.25, -0.2) is 10.0 Å². The summed E-state index contributed by atoms with van der Waals surface area (Å²) < 4.78 is 10.5. The van der Waals surface area contributed by atoms with E-state index in [2.05, 4.69) is 4.98 Å². The monoisotopic (exact) mass is 367 g/mol. The molecule has 0 saturated carbocycles. The smallest absolute Gasteiger partial charge is 0.291 e. The molecule has 140 valence electrons. The first kappa shape index (κ1) is 18.4. The van der Waals surface area contributed by atoms with E-state index in [0.717, 1.165) is 6.42 Å². The largest absolute Gasteiger partial charge is 0.497 e. The zero-order valence-corrected chi connectivity index (χ0v) is 15.3. The Bertz CT molecular complexity index is 852. The first-order chi connectivity index (χ1) is 13.1. The molecule has 0 bridgehead atoms. The van der Waals surface area contributed by atoms with Gasteiger partial charge in [-0.3, -0.25) is 14.6 Å². The van der Waals surface area contributed by atoms with Gasteiger partial charge in [-0.15, -0.1) is 0 Å². The summed E-state index contributed by atoms with van der Waals surface area (Å²) in [5.41, 5.74) is 1.03. The molecule has 1 aliphatic rings. The molecule has 2 heterocycles. The Labute approximate surface area is 157 Å². The van der Waals surface area contributed by atoms with Gasteiger partial charge in [0.15, 0.2) is 0 Å². The SMILES string of the molecule is COc1ccc(OC)c(C=CC(=O)N2CCCN2C(=O)c2ccccn2)c1. The molecule has 0 aliphatic carbocycles. The molecule has 0 spiro atoms. The molecule has 1 aromatic carbocycles. The lowest BCUT2D eigenvalue weighted by Gasteiger charge is -2.26. The molecule has 7 heteroatoms. The maximum absolute atomic E-state index is 12.7. The Hall–Kier alpha value is -3.35. The van der Waals surface area contributed by atoms with Crippen LogP contribution in [0.4, 0.5) is 0 Å². The summed E-state index contributed by atoms with van der Waals surface area (Å²) in [5.74, 6) is 0.731. The van der Waals surface area contributed by atoms with Gasteiger partial charge in [0.25, 0.3) is 11.8 Å². The van der Waals surface area contributed by atoms with Crippen molar-refractivity contribution in [2.45, 2.75) is 6.42 Å². The van der Waals surface area contributed by atoms with Crippen LogP contribution < -0.4 is 9.47 Å². The van der Waals surface area contributed by atoms with E-state index in [1.54, 1.807) is 62.9 Å². The highest BCUT2D eigenvalue weighted by Gasteiger charge is 2.30. The zero-order chi connectivity index (χ0) is 19.2. The van der Waals surface area contributed by atoms with E-state index in [1.807, 2.05) is 0 Å². The second-order valence-electron chi connectivity index (χ2n) is 5.90. The number of rotatable bonds is 5. The summed E-state index contributed by atoms with van der Waals surface area (Å²) >= 11 is 0. The summed E-state index contributed by atoms with van der Waals surface area (Å²) in [6, 6.07) is 10.5. The Balaban J connectivity index is 1.77. The van der Waals surface area contributed by atoms with E-state index in [4.69, 9.17) is 9.47 Å². The van der Waals surface area contributed by atoms with Crippen LogP contribution in [0, 0.1) is 0 Å². The number of nitrogens with zero attached hydrogens (tertiary/aromatic N) is 3. The van der Waals surface area contributed by atoms with Gasteiger partial charge in [-0.1, -0.05) is 6.07 Å². The van der Waals surface area contributed by atoms with Crippen LogP contribution in [0.3, 0.4) is 0 Å². The highest BCUT2D eigenvalue weighted by atomic mass is 16.5. The lowest BCUT2D eigenvalue weighted by atomic mass is 10.1. The molecule has 1 saturated heterocycles. The van der Waals surface area contributed by atoms with Crippen molar-refractivity contribution in [3.63, 3.8) is 0 Å². The highest BCUT2D eigenvalue weighted by Crippen LogP contribution is 2.25. The summed E-state index contributed by atoms with van der Waals surface area (Å²) in [6.45, 7) is 0.967. The van der Waals surface area contributed by atoms with Crippen LogP contribution in [0.25, 0.3) is 6.08 Å². The van der Waals surface area contributed by atoms with E-state index in [-0.39, 0.29) is 11.8 Å². The van der Waals surface area contributed by atoms with Gasteiger partial charge in [0.1, 0.15) is 17.2 Å². The molecule has 1 aliphatic heterocycles. The van der Waals surface area contributed by atoms with Crippen LogP contribution in [0.5, 0.6) is 11.5 Å². The third-order valence-electron chi connectivity index (χ3n) is 4.25. The molecule has 0 atom stereocenters. The minimum Gasteiger partial charge on any atom is -0.497 e. The third-order valence-corrected chi connectivity index (χ3v) is 4.25. The van der Waals surface area contributed by atoms with Gasteiger partial charge < -0.3 is 9.47 Å². The molecule has 1 aromatic heterocycles. The average molecular weight is 367 g/mol. The Morgan fingerprint density at radius 2 is 1.89 bits per heavy atom. The van der Waals surface area contributed by atoms with Gasteiger partial charge in [0.2, 0.25) is 0 Å². The minimum atomic E-state index is -0.284. The Morgan fingerprint density at radius 1 is 1.07 bits per heavy atom. The molecule has 2 aromatic rings. The molecule has 7 nitrogen and oxygen atoms in total. The molecular formula is C20H21N3O4. The van der Waals surface area contributed by atoms with Crippen molar-refractivity contribution in [2.75, 3.05) is 27.3 Å². The first-order valence-electron chi connectivity index (χ1n) is 8.58. The minimum absolute atomic E-state index is 0.276. The molecule has 0 unspecified atom stereocenters. The summed E-state index contributed by atoms with van der Waals surface area (Å²) in [4.78, 5) is 29.4. The first-order valence-corrected chi connectivity index (χ1v) is 8.58. The predicted molar refractivity (Wildman–Crippen MR) is 100 cm³/mol. The number of hydrazine groups is 1. The number of benzene rings is 1. The normalized spacial score (nSPS) is 13.9. The number of aromatic nitrogens is 1. The van der Waals surface area contributed by atoms with E-state index in [0.29, 0.717) is 35.8 Å². The van der Waals surface area contributed by atoms with Crippen LogP contribution in [0.1, 0.15) is 22.5 Å². The molecular weight excluding hydrogens is 346 g/mol. The number of methoxy groups -OCH3 is 2. The van der Waals surface area contributed by atoms with Crippen molar-refractivity contribution in [3.8, 4) is 11.5 Å². The lowest BCUT2D eigenvalue weighted by Crippen LogP contribution is -2.44. The highest BCUT2D eigenvalue weighted by molar-refractivity contribution is 5.97. The van der Waals surface area contributed by atoms with Crippen LogP contribution in [0.15, 0.2) is 48.7 Å². The number of hydrogen-bond acceptors (Lipinski definition) is 5. The van der Waals surface area contributed by atoms with Gasteiger partial charge in [-0.2, -0.15) is 0 Å². The standard InChI is InChI=1S/C20H21N3O4/c1-26-16-8-9-18(27-2)15(14-16)7-10-19(24)22-12-5-13-23(22)20(25)17-6-3-4-11-21-17/h3-4,6-11,14H,5,12-13H2,1-2H3. The number of ether oxygens (including phenoxy) is 2. The lowest BCUT2D eigenvalue weighted by molar-refractivity contribution is -0.134. The second-order valence-corrected chi connectivity index (χ2v) is 5.90. The molecule has 2 amide bonds. The third kappa shape index (κ3) is 4.08. The van der Waals surface area contributed by atoms with Gasteiger partial charge >= 0.3 is 0 Å². The molecule has 0 radical (unpaired) electrons. The van der Waals surface area contributed by atoms with Crippen molar-refractivity contribution in [1.29, 1.82) is 0 Å². The van der Waals surface area contributed by atoms with Crippen LogP contribution in [-0.2, 0) is 4.79 Å². The Kier molecular flexibility index (Phi) is 5.71. The molecule has 0 N–H and O–H groups in total. The van der Waals surface area contributed by atoms with Crippen molar-refractivity contribution in [1.82, 2.24) is 15.0 Å². The quantitative estimate of drug-likeness (QED) is 0.759. The fraction of sp³-hybridized carbons (Fsp3) is 0.250. The maximum atomic E-state index is 12.7. The predicted octanol–water partition coefficient (Wildman–Crippen LogP) is 2.40. The molecule has 3 rings (SSSR count). The number of carbonyl (C=O) groups excluding carboxylic acids is 2. The zero-order valence-electron chi connectivity index (χ0n) is 15.3. The van der Waals surface area contributed by atoms with Gasteiger partial charge in [0.05, 0.1) is 14.2 Å². The maximum Gasteiger partial charge on any atom is 0.291 e. The van der Waals surface area contributed by atoms with Crippen molar-refractivity contribution < 1.29 is 19.1 Å². The van der Waals surface area contributed by atoms with Crippen molar-refractivity contribution in [3.05, 3.63) is 59.9 Å². The number of pyridine rings is 1. The van der Waals surface area contributed by atoms with Crippen molar-refractivity contribution >= 4 is 17.9 Å². The number of hydrogen-bond donors (Lipinski definition) is 0. The van der Waals surface area contributed by atoms with Crippen LogP contribution in [-0.4, -0.2) is 54.1 Å². The van der Waals surface area contributed by atoms with Crippen molar-refractivity contribution in [2.24, 2.45) is 0 Å². The van der Waals surface area contributed by atoms with E-state index >= 15 is 0 Å². The van der Waals surface area contributed by atoms with E-state index < -0.39 is 0 Å². The fourth-order valence-corrected chi connectivity index (χ4v) is 2.89. The topological polar surface area (TPSA) is 72.0 Å². The number of carbonyl (C=O) groups is 2. The average Bonchev–Trinajstić information content (AvgIpc) is 3.21. The molecule has 1 fully saturated rings. The molecule has 27 heavy (non-hydrogen) atoms. The summed E-state index contributed by atoms with van der Waals surface area (Å²) in [7, 11) is 3.14. The number of amides is 2. The second kappa shape index (κ2) is 8.35. The van der Waals surface area contributed by atoms with E-state index in [9.17, 15) is 9.59 Å². The summed E-state index contributed by atoms with van der Waals surface area (Å²) in [6.07, 6.45) is 5.37.